The zero-order chi connectivity index (χ0) is 24.1. The number of thiocarbonyl (C=S) groups is 1. The van der Waals surface area contributed by atoms with Crippen LogP contribution in [-0.2, 0) is 4.79 Å². The molecule has 1 aromatic heterocycles. The molecule has 5 nitrogen and oxygen atoms in total. The van der Waals surface area contributed by atoms with Crippen molar-refractivity contribution in [3.8, 4) is 22.7 Å². The zero-order valence-electron chi connectivity index (χ0n) is 19.2. The van der Waals surface area contributed by atoms with Crippen LogP contribution in [0.4, 0.5) is 0 Å². The Morgan fingerprint density at radius 2 is 1.94 bits per heavy atom. The quantitative estimate of drug-likeness (QED) is 0.229. The van der Waals surface area contributed by atoms with Crippen molar-refractivity contribution < 1.29 is 9.53 Å². The summed E-state index contributed by atoms with van der Waals surface area (Å²) in [7, 11) is 0. The number of para-hydroxylation sites is 1. The summed E-state index contributed by atoms with van der Waals surface area (Å²) in [5.74, 6) is 0.594. The van der Waals surface area contributed by atoms with Crippen LogP contribution in [0.3, 0.4) is 0 Å². The molecule has 34 heavy (non-hydrogen) atoms. The molecule has 0 atom stereocenters. The molecule has 1 saturated heterocycles. The van der Waals surface area contributed by atoms with Gasteiger partial charge in [-0.3, -0.25) is 9.69 Å². The van der Waals surface area contributed by atoms with E-state index < -0.39 is 0 Å². The second-order valence-corrected chi connectivity index (χ2v) is 9.98. The molecule has 0 radical (unpaired) electrons. The Kier molecular flexibility index (Phi) is 8.08. The first-order valence-corrected chi connectivity index (χ1v) is 12.9. The largest absolute Gasteiger partial charge is 0.492 e. The summed E-state index contributed by atoms with van der Waals surface area (Å²) < 4.78 is 8.13. The first-order chi connectivity index (χ1) is 16.5. The Morgan fingerprint density at radius 3 is 2.65 bits per heavy atom. The van der Waals surface area contributed by atoms with Crippen LogP contribution in [0.1, 0.15) is 38.7 Å². The molecule has 0 bridgehead atoms. The highest BCUT2D eigenvalue weighted by atomic mass is 35.5. The van der Waals surface area contributed by atoms with Gasteiger partial charge >= 0.3 is 0 Å². The first kappa shape index (κ1) is 24.5. The number of carbonyl (C=O) groups is 1. The third kappa shape index (κ3) is 5.37. The Morgan fingerprint density at radius 1 is 1.15 bits per heavy atom. The van der Waals surface area contributed by atoms with E-state index in [4.69, 9.17) is 33.7 Å². The maximum atomic E-state index is 13.0. The van der Waals surface area contributed by atoms with E-state index in [2.05, 4.69) is 13.8 Å². The molecule has 1 aliphatic heterocycles. The van der Waals surface area contributed by atoms with Crippen molar-refractivity contribution in [2.45, 2.75) is 33.1 Å². The lowest BCUT2D eigenvalue weighted by Crippen LogP contribution is -2.28. The number of amides is 1. The van der Waals surface area contributed by atoms with Crippen molar-refractivity contribution in [1.82, 2.24) is 14.7 Å². The molecular formula is C26H26ClN3O2S2. The molecule has 0 aliphatic carbocycles. The van der Waals surface area contributed by atoms with Gasteiger partial charge in [-0.25, -0.2) is 4.68 Å². The third-order valence-electron chi connectivity index (χ3n) is 5.33. The number of ether oxygens (including phenoxy) is 1. The van der Waals surface area contributed by atoms with Crippen LogP contribution in [0, 0.1) is 0 Å². The third-order valence-corrected chi connectivity index (χ3v) is 7.00. The highest BCUT2D eigenvalue weighted by Crippen LogP contribution is 2.36. The van der Waals surface area contributed by atoms with Crippen molar-refractivity contribution in [2.24, 2.45) is 0 Å². The number of hydrogen-bond donors (Lipinski definition) is 0. The van der Waals surface area contributed by atoms with Crippen molar-refractivity contribution in [1.29, 1.82) is 0 Å². The highest BCUT2D eigenvalue weighted by Gasteiger charge is 2.32. The number of thioether (sulfide) groups is 1. The number of nitrogens with zero attached hydrogens (tertiary/aromatic N) is 3. The van der Waals surface area contributed by atoms with Gasteiger partial charge in [0.15, 0.2) is 0 Å². The number of benzene rings is 2. The van der Waals surface area contributed by atoms with Gasteiger partial charge in [0.1, 0.15) is 15.8 Å². The van der Waals surface area contributed by atoms with Gasteiger partial charge in [0, 0.05) is 23.9 Å². The molecule has 4 rings (SSSR count). The van der Waals surface area contributed by atoms with Crippen LogP contribution in [0.15, 0.2) is 59.6 Å². The number of rotatable bonds is 9. The first-order valence-electron chi connectivity index (χ1n) is 11.3. The minimum Gasteiger partial charge on any atom is -0.492 e. The van der Waals surface area contributed by atoms with Gasteiger partial charge in [-0.1, -0.05) is 74.0 Å². The van der Waals surface area contributed by atoms with E-state index in [0.717, 1.165) is 41.8 Å². The average Bonchev–Trinajstić information content (AvgIpc) is 3.38. The molecule has 2 aromatic carbocycles. The average molecular weight is 512 g/mol. The van der Waals surface area contributed by atoms with Gasteiger partial charge in [0.2, 0.25) is 0 Å². The van der Waals surface area contributed by atoms with Crippen LogP contribution >= 0.6 is 35.6 Å². The van der Waals surface area contributed by atoms with E-state index in [-0.39, 0.29) is 5.91 Å². The molecule has 1 amide bonds. The molecule has 0 spiro atoms. The van der Waals surface area contributed by atoms with E-state index >= 15 is 0 Å². The van der Waals surface area contributed by atoms with Gasteiger partial charge in [0.05, 0.1) is 22.2 Å². The van der Waals surface area contributed by atoms with Crippen molar-refractivity contribution in [3.63, 3.8) is 0 Å². The molecule has 1 fully saturated rings. The lowest BCUT2D eigenvalue weighted by molar-refractivity contribution is -0.122. The number of halogens is 1. The number of carbonyl (C=O) groups excluding carboxylic acids is 1. The van der Waals surface area contributed by atoms with E-state index in [0.29, 0.717) is 33.1 Å². The topological polar surface area (TPSA) is 47.4 Å². The standard InChI is InChI=1S/C26H26ClN3O2S2/c1-3-5-13-29-25(31)23(34-26(29)33)16-19-17-30(20-9-7-6-8-10-20)28-24(19)18-11-12-22(21(27)15-18)32-14-4-2/h6-12,15-17H,3-5,13-14H2,1-2H3. The molecule has 3 aromatic rings. The van der Waals surface area contributed by atoms with Gasteiger partial charge in [-0.2, -0.15) is 5.10 Å². The summed E-state index contributed by atoms with van der Waals surface area (Å²) in [6.45, 7) is 5.40. The smallest absolute Gasteiger partial charge is 0.266 e. The Bertz CT molecular complexity index is 1220. The molecule has 176 valence electrons. The predicted octanol–water partition coefficient (Wildman–Crippen LogP) is 6.98. The lowest BCUT2D eigenvalue weighted by atomic mass is 10.1. The summed E-state index contributed by atoms with van der Waals surface area (Å²) >= 11 is 13.3. The Labute approximate surface area is 214 Å². The predicted molar refractivity (Wildman–Crippen MR) is 145 cm³/mol. The van der Waals surface area contributed by atoms with Gasteiger partial charge in [0.25, 0.3) is 5.91 Å². The lowest BCUT2D eigenvalue weighted by Gasteiger charge is -2.13. The summed E-state index contributed by atoms with van der Waals surface area (Å²) in [5, 5.41) is 5.37. The normalized spacial score (nSPS) is 14.9. The minimum absolute atomic E-state index is 0.0526. The van der Waals surface area contributed by atoms with Gasteiger partial charge in [-0.05, 0) is 49.2 Å². The second-order valence-electron chi connectivity index (χ2n) is 7.89. The monoisotopic (exact) mass is 511 g/mol. The van der Waals surface area contributed by atoms with E-state index in [1.54, 1.807) is 4.90 Å². The summed E-state index contributed by atoms with van der Waals surface area (Å²) in [6, 6.07) is 15.5. The second kappa shape index (κ2) is 11.2. The highest BCUT2D eigenvalue weighted by molar-refractivity contribution is 8.26. The van der Waals surface area contributed by atoms with Gasteiger partial charge in [-0.15, -0.1) is 0 Å². The zero-order valence-corrected chi connectivity index (χ0v) is 21.6. The van der Waals surface area contributed by atoms with Crippen LogP contribution < -0.4 is 4.74 Å². The molecule has 0 unspecified atom stereocenters. The van der Waals surface area contributed by atoms with Crippen LogP contribution in [0.25, 0.3) is 23.0 Å². The van der Waals surface area contributed by atoms with Crippen LogP contribution in [0.2, 0.25) is 5.02 Å². The number of unbranched alkanes of at least 4 members (excludes halogenated alkanes) is 1. The fourth-order valence-electron chi connectivity index (χ4n) is 3.56. The fraction of sp³-hybridized carbons (Fsp3) is 0.269. The van der Waals surface area contributed by atoms with Gasteiger partial charge < -0.3 is 4.74 Å². The van der Waals surface area contributed by atoms with Crippen molar-refractivity contribution in [3.05, 3.63) is 70.2 Å². The van der Waals surface area contributed by atoms with E-state index in [9.17, 15) is 4.79 Å². The van der Waals surface area contributed by atoms with Crippen molar-refractivity contribution in [2.75, 3.05) is 13.2 Å². The molecule has 1 aliphatic rings. The van der Waals surface area contributed by atoms with E-state index in [1.165, 1.54) is 11.8 Å². The van der Waals surface area contributed by atoms with Crippen LogP contribution in [-0.4, -0.2) is 38.1 Å². The van der Waals surface area contributed by atoms with Crippen LogP contribution in [0.5, 0.6) is 5.75 Å². The minimum atomic E-state index is -0.0526. The Balaban J connectivity index is 1.74. The van der Waals surface area contributed by atoms with E-state index in [1.807, 2.05) is 65.5 Å². The maximum Gasteiger partial charge on any atom is 0.266 e. The number of hydrogen-bond acceptors (Lipinski definition) is 5. The molecule has 0 N–H and O–H groups in total. The summed E-state index contributed by atoms with van der Waals surface area (Å²) in [5.41, 5.74) is 3.31. The summed E-state index contributed by atoms with van der Waals surface area (Å²) in [4.78, 5) is 15.3. The number of aromatic nitrogens is 2. The molecular weight excluding hydrogens is 486 g/mol. The molecule has 2 heterocycles. The SMILES string of the molecule is CCCCN1C(=O)C(=Cc2cn(-c3ccccc3)nc2-c2ccc(OCCC)c(Cl)c2)SC1=S. The molecule has 8 heteroatoms. The maximum absolute atomic E-state index is 13.0. The van der Waals surface area contributed by atoms with Crippen molar-refractivity contribution >= 4 is 51.9 Å². The summed E-state index contributed by atoms with van der Waals surface area (Å²) in [6.07, 6.45) is 6.63. The molecule has 0 saturated carbocycles. The Hall–Kier alpha value is -2.61. The fourth-order valence-corrected chi connectivity index (χ4v) is 5.09.